The number of benzene rings is 1. The van der Waals surface area contributed by atoms with Crippen LogP contribution in [0.3, 0.4) is 0 Å². The van der Waals surface area contributed by atoms with Crippen molar-refractivity contribution in [1.29, 1.82) is 0 Å². The molecule has 0 fully saturated rings. The Morgan fingerprint density at radius 3 is 2.91 bits per heavy atom. The highest BCUT2D eigenvalue weighted by Crippen LogP contribution is 2.29. The third-order valence-corrected chi connectivity index (χ3v) is 3.84. The van der Waals surface area contributed by atoms with Gasteiger partial charge < -0.3 is 15.2 Å². The smallest absolute Gasteiger partial charge is 0.164 e. The number of halogens is 1. The van der Waals surface area contributed by atoms with E-state index in [1.807, 2.05) is 13.1 Å². The van der Waals surface area contributed by atoms with Crippen molar-refractivity contribution in [2.24, 2.45) is 7.05 Å². The average Bonchev–Trinajstić information content (AvgIpc) is 2.81. The van der Waals surface area contributed by atoms with Crippen molar-refractivity contribution in [1.82, 2.24) is 19.7 Å². The molecule has 0 amide bonds. The maximum Gasteiger partial charge on any atom is 0.164 e. The minimum Gasteiger partial charge on any atom is -0.504 e. The van der Waals surface area contributed by atoms with Crippen LogP contribution in [0.15, 0.2) is 29.1 Å². The Morgan fingerprint density at radius 2 is 2.18 bits per heavy atom. The van der Waals surface area contributed by atoms with E-state index in [0.717, 1.165) is 16.6 Å². The van der Waals surface area contributed by atoms with Gasteiger partial charge in [0.05, 0.1) is 12.5 Å². The van der Waals surface area contributed by atoms with Gasteiger partial charge in [0, 0.05) is 13.6 Å². The van der Waals surface area contributed by atoms with Crippen LogP contribution in [-0.4, -0.2) is 32.0 Å². The first-order valence-corrected chi connectivity index (χ1v) is 7.32. The molecule has 0 aliphatic carbocycles. The monoisotopic (exact) mass is 363 g/mol. The number of ether oxygens (including phenoxy) is 1. The molecule has 0 atom stereocenters. The molecule has 0 unspecified atom stereocenters. The summed E-state index contributed by atoms with van der Waals surface area (Å²) in [6.45, 7) is 0.505. The Morgan fingerprint density at radius 1 is 1.36 bits per heavy atom. The molecule has 3 rings (SSSR count). The van der Waals surface area contributed by atoms with Crippen LogP contribution in [0.25, 0.3) is 11.0 Å². The van der Waals surface area contributed by atoms with Crippen molar-refractivity contribution in [3.8, 4) is 11.5 Å². The topological polar surface area (TPSA) is 85.1 Å². The lowest BCUT2D eigenvalue weighted by molar-refractivity contribution is 0.373. The summed E-state index contributed by atoms with van der Waals surface area (Å²) < 4.78 is 7.40. The van der Waals surface area contributed by atoms with E-state index in [1.165, 1.54) is 13.4 Å². The Bertz CT molecular complexity index is 833. The van der Waals surface area contributed by atoms with Gasteiger partial charge in [-0.2, -0.15) is 5.10 Å². The second-order valence-electron chi connectivity index (χ2n) is 4.70. The molecule has 7 nitrogen and oxygen atoms in total. The van der Waals surface area contributed by atoms with Crippen molar-refractivity contribution in [2.75, 3.05) is 12.4 Å². The van der Waals surface area contributed by atoms with Gasteiger partial charge in [0.1, 0.15) is 16.7 Å². The second kappa shape index (κ2) is 5.80. The van der Waals surface area contributed by atoms with Gasteiger partial charge in [0.25, 0.3) is 0 Å². The second-order valence-corrected chi connectivity index (χ2v) is 5.45. The maximum atomic E-state index is 9.81. The SMILES string of the molecule is COc1ccc(CNc2ncnc3c2c(Br)nn3C)cc1O. The average molecular weight is 364 g/mol. The van der Waals surface area contributed by atoms with Crippen LogP contribution >= 0.6 is 15.9 Å². The predicted molar refractivity (Wildman–Crippen MR) is 86.0 cm³/mol. The molecule has 0 radical (unpaired) electrons. The fraction of sp³-hybridized carbons (Fsp3) is 0.214. The lowest BCUT2D eigenvalue weighted by atomic mass is 10.2. The third kappa shape index (κ3) is 2.57. The molecule has 1 aromatic carbocycles. The Hall–Kier alpha value is -2.35. The standard InChI is InChI=1S/C14H14BrN5O2/c1-20-14-11(12(15)19-20)13(17-7-18-14)16-6-8-3-4-10(22-2)9(21)5-8/h3-5,7,21H,6H2,1-2H3,(H,16,17,18). The summed E-state index contributed by atoms with van der Waals surface area (Å²) in [6.07, 6.45) is 1.49. The number of phenols is 1. The molecular weight excluding hydrogens is 350 g/mol. The fourth-order valence-corrected chi connectivity index (χ4v) is 2.81. The number of fused-ring (bicyclic) bond motifs is 1. The number of aryl methyl sites for hydroxylation is 1. The van der Waals surface area contributed by atoms with Crippen LogP contribution in [0.5, 0.6) is 11.5 Å². The van der Waals surface area contributed by atoms with Crippen molar-refractivity contribution in [2.45, 2.75) is 6.54 Å². The summed E-state index contributed by atoms with van der Waals surface area (Å²) in [5, 5.41) is 18.1. The summed E-state index contributed by atoms with van der Waals surface area (Å²) in [5.74, 6) is 1.24. The zero-order chi connectivity index (χ0) is 15.7. The molecule has 0 saturated carbocycles. The molecule has 2 aromatic heterocycles. The van der Waals surface area contributed by atoms with Gasteiger partial charge in [-0.15, -0.1) is 0 Å². The number of phenolic OH excluding ortho intramolecular Hbond substituents is 1. The number of hydrogen-bond acceptors (Lipinski definition) is 6. The summed E-state index contributed by atoms with van der Waals surface area (Å²) in [7, 11) is 3.34. The van der Waals surface area contributed by atoms with Crippen LogP contribution in [0.4, 0.5) is 5.82 Å². The van der Waals surface area contributed by atoms with Crippen molar-refractivity contribution >= 4 is 32.8 Å². The number of nitrogens with zero attached hydrogens (tertiary/aromatic N) is 4. The van der Waals surface area contributed by atoms with E-state index in [4.69, 9.17) is 4.74 Å². The van der Waals surface area contributed by atoms with Gasteiger partial charge >= 0.3 is 0 Å². The Balaban J connectivity index is 1.87. The van der Waals surface area contributed by atoms with Crippen LogP contribution < -0.4 is 10.1 Å². The van der Waals surface area contributed by atoms with Gasteiger partial charge in [-0.05, 0) is 33.6 Å². The van der Waals surface area contributed by atoms with E-state index in [2.05, 4.69) is 36.3 Å². The van der Waals surface area contributed by atoms with Crippen LogP contribution in [-0.2, 0) is 13.6 Å². The number of aromatic hydroxyl groups is 1. The molecule has 2 heterocycles. The third-order valence-electron chi connectivity index (χ3n) is 3.28. The van der Waals surface area contributed by atoms with E-state index < -0.39 is 0 Å². The highest BCUT2D eigenvalue weighted by atomic mass is 79.9. The summed E-state index contributed by atoms with van der Waals surface area (Å²) in [5.41, 5.74) is 1.65. The number of methoxy groups -OCH3 is 1. The minimum atomic E-state index is 0.109. The van der Waals surface area contributed by atoms with E-state index in [1.54, 1.807) is 16.8 Å². The molecule has 0 spiro atoms. The summed E-state index contributed by atoms with van der Waals surface area (Å²) in [6, 6.07) is 5.26. The molecule has 0 aliphatic heterocycles. The lowest BCUT2D eigenvalue weighted by Gasteiger charge is -2.09. The maximum absolute atomic E-state index is 9.81. The molecule has 0 bridgehead atoms. The largest absolute Gasteiger partial charge is 0.504 e. The van der Waals surface area contributed by atoms with Gasteiger partial charge in [0.2, 0.25) is 0 Å². The van der Waals surface area contributed by atoms with Gasteiger partial charge in [-0.25, -0.2) is 14.6 Å². The van der Waals surface area contributed by atoms with E-state index in [-0.39, 0.29) is 5.75 Å². The summed E-state index contributed by atoms with van der Waals surface area (Å²) in [4.78, 5) is 8.48. The highest BCUT2D eigenvalue weighted by molar-refractivity contribution is 9.10. The number of hydrogen-bond donors (Lipinski definition) is 2. The molecule has 8 heteroatoms. The van der Waals surface area contributed by atoms with E-state index in [0.29, 0.717) is 22.7 Å². The van der Waals surface area contributed by atoms with E-state index >= 15 is 0 Å². The molecule has 114 valence electrons. The molecular formula is C14H14BrN5O2. The van der Waals surface area contributed by atoms with Crippen LogP contribution in [0.1, 0.15) is 5.56 Å². The van der Waals surface area contributed by atoms with Gasteiger partial charge in [0.15, 0.2) is 17.1 Å². The van der Waals surface area contributed by atoms with Gasteiger partial charge in [-0.3, -0.25) is 0 Å². The van der Waals surface area contributed by atoms with Crippen molar-refractivity contribution in [3.05, 3.63) is 34.7 Å². The van der Waals surface area contributed by atoms with Crippen LogP contribution in [0, 0.1) is 0 Å². The minimum absolute atomic E-state index is 0.109. The van der Waals surface area contributed by atoms with E-state index in [9.17, 15) is 5.11 Å². The number of nitrogens with one attached hydrogen (secondary N) is 1. The first-order valence-electron chi connectivity index (χ1n) is 6.53. The molecule has 0 aliphatic rings. The first kappa shape index (κ1) is 14.6. The Labute approximate surface area is 135 Å². The van der Waals surface area contributed by atoms with Gasteiger partial charge in [-0.1, -0.05) is 6.07 Å². The van der Waals surface area contributed by atoms with Crippen molar-refractivity contribution in [3.63, 3.8) is 0 Å². The number of rotatable bonds is 4. The fourth-order valence-electron chi connectivity index (χ4n) is 2.21. The number of aromatic nitrogens is 4. The quantitative estimate of drug-likeness (QED) is 0.740. The van der Waals surface area contributed by atoms with Crippen molar-refractivity contribution < 1.29 is 9.84 Å². The Kier molecular flexibility index (Phi) is 3.84. The highest BCUT2D eigenvalue weighted by Gasteiger charge is 2.13. The zero-order valence-electron chi connectivity index (χ0n) is 12.0. The molecule has 3 aromatic rings. The lowest BCUT2D eigenvalue weighted by Crippen LogP contribution is -2.03. The normalized spacial score (nSPS) is 10.9. The summed E-state index contributed by atoms with van der Waals surface area (Å²) >= 11 is 3.42. The predicted octanol–water partition coefficient (Wildman–Crippen LogP) is 2.45. The van der Waals surface area contributed by atoms with Crippen LogP contribution in [0.2, 0.25) is 0 Å². The first-order chi connectivity index (χ1) is 10.6. The molecule has 22 heavy (non-hydrogen) atoms. The number of anilines is 1. The molecule has 2 N–H and O–H groups in total. The molecule has 0 saturated heterocycles. The zero-order valence-corrected chi connectivity index (χ0v) is 13.6.